The lowest BCUT2D eigenvalue weighted by Gasteiger charge is -2.23. The number of hydrogen-bond donors (Lipinski definition) is 1. The van der Waals surface area contributed by atoms with Crippen molar-refractivity contribution in [3.8, 4) is 17.2 Å². The highest BCUT2D eigenvalue weighted by molar-refractivity contribution is 5.98. The van der Waals surface area contributed by atoms with Gasteiger partial charge < -0.3 is 19.6 Å². The number of carbonyl (C=O) groups is 1. The smallest absolute Gasteiger partial charge is 0.166 e. The molecular weight excluding hydrogens is 414 g/mol. The Labute approximate surface area is 199 Å². The van der Waals surface area contributed by atoms with Crippen LogP contribution in [0.5, 0.6) is 17.2 Å². The third kappa shape index (κ3) is 7.92. The molecule has 0 aliphatic carbocycles. The summed E-state index contributed by atoms with van der Waals surface area (Å²) in [5, 5.41) is 7.63. The zero-order valence-corrected chi connectivity index (χ0v) is 20.9. The van der Waals surface area contributed by atoms with Crippen LogP contribution in [-0.2, 0) is 0 Å². The van der Waals surface area contributed by atoms with Crippen LogP contribution in [0.2, 0.25) is 0 Å². The summed E-state index contributed by atoms with van der Waals surface area (Å²) in [5.74, 6) is 2.81. The van der Waals surface area contributed by atoms with E-state index in [1.807, 2.05) is 36.4 Å². The largest absolute Gasteiger partial charge is 0.494 e. The second-order valence-corrected chi connectivity index (χ2v) is 9.15. The lowest BCUT2D eigenvalue weighted by atomic mass is 9.80. The number of benzene rings is 2. The number of unbranched alkanes of at least 4 members (excludes halogenated alkanes) is 2. The third-order valence-corrected chi connectivity index (χ3v) is 5.79. The van der Waals surface area contributed by atoms with Gasteiger partial charge in [0.25, 0.3) is 0 Å². The summed E-state index contributed by atoms with van der Waals surface area (Å²) >= 11 is 0. The summed E-state index contributed by atoms with van der Waals surface area (Å²) in [6.07, 6.45) is 2.83. The number of nitrogens with one attached hydrogen (secondary N) is 1. The van der Waals surface area contributed by atoms with E-state index in [0.717, 1.165) is 30.6 Å². The molecule has 0 heterocycles. The first-order valence-corrected chi connectivity index (χ1v) is 11.9. The number of Topliss-reactive ketones (excluding diaryl/α,β-unsaturated/α-hetero) is 1. The summed E-state index contributed by atoms with van der Waals surface area (Å²) in [6, 6.07) is 13.1. The van der Waals surface area contributed by atoms with Crippen molar-refractivity contribution in [2.75, 3.05) is 20.3 Å². The van der Waals surface area contributed by atoms with Gasteiger partial charge in [-0.1, -0.05) is 27.7 Å². The Morgan fingerprint density at radius 1 is 0.818 bits per heavy atom. The average Bonchev–Trinajstić information content (AvgIpc) is 2.78. The minimum atomic E-state index is -0.0123. The van der Waals surface area contributed by atoms with Gasteiger partial charge in [0.1, 0.15) is 5.75 Å². The van der Waals surface area contributed by atoms with Gasteiger partial charge in [0, 0.05) is 17.2 Å². The molecule has 33 heavy (non-hydrogen) atoms. The molecule has 2 rings (SSSR count). The van der Waals surface area contributed by atoms with Crippen molar-refractivity contribution in [3.05, 3.63) is 53.6 Å². The molecular formula is C28H39NO4. The number of carbonyl (C=O) groups excluding carboxylic acids is 1. The topological polar surface area (TPSA) is 68.6 Å². The molecule has 5 heteroatoms. The van der Waals surface area contributed by atoms with Gasteiger partial charge in [0.15, 0.2) is 17.3 Å². The van der Waals surface area contributed by atoms with Crippen LogP contribution in [0.1, 0.15) is 69.8 Å². The van der Waals surface area contributed by atoms with Gasteiger partial charge in [0.05, 0.1) is 20.3 Å². The average molecular weight is 454 g/mol. The van der Waals surface area contributed by atoms with Gasteiger partial charge >= 0.3 is 0 Å². The summed E-state index contributed by atoms with van der Waals surface area (Å²) < 4.78 is 17.2. The Balaban J connectivity index is 1.78. The number of methoxy groups -OCH3 is 1. The van der Waals surface area contributed by atoms with E-state index in [9.17, 15) is 4.79 Å². The molecule has 0 aromatic heterocycles. The van der Waals surface area contributed by atoms with Gasteiger partial charge in [-0.2, -0.15) is 0 Å². The van der Waals surface area contributed by atoms with Crippen molar-refractivity contribution in [2.24, 2.45) is 17.8 Å². The van der Waals surface area contributed by atoms with Crippen molar-refractivity contribution < 1.29 is 19.0 Å². The molecule has 0 unspecified atom stereocenters. The normalized spacial score (nSPS) is 11.2. The van der Waals surface area contributed by atoms with Crippen LogP contribution in [0.4, 0.5) is 0 Å². The molecule has 0 atom stereocenters. The lowest BCUT2D eigenvalue weighted by molar-refractivity contribution is 0.0839. The fraction of sp³-hybridized carbons (Fsp3) is 0.500. The van der Waals surface area contributed by atoms with Crippen molar-refractivity contribution >= 4 is 11.5 Å². The molecule has 0 spiro atoms. The van der Waals surface area contributed by atoms with E-state index in [1.54, 1.807) is 20.1 Å². The van der Waals surface area contributed by atoms with Crippen LogP contribution in [0.25, 0.3) is 0 Å². The van der Waals surface area contributed by atoms with Gasteiger partial charge in [-0.05, 0) is 86.1 Å². The van der Waals surface area contributed by atoms with Gasteiger partial charge in [0.2, 0.25) is 0 Å². The maximum atomic E-state index is 13.0. The van der Waals surface area contributed by atoms with Crippen LogP contribution in [0.3, 0.4) is 0 Å². The number of rotatable bonds is 14. The van der Waals surface area contributed by atoms with Crippen molar-refractivity contribution in [3.63, 3.8) is 0 Å². The van der Waals surface area contributed by atoms with Crippen LogP contribution in [0, 0.1) is 23.2 Å². The fourth-order valence-electron chi connectivity index (χ4n) is 4.06. The Hall–Kier alpha value is -2.82. The first-order chi connectivity index (χ1) is 15.7. The van der Waals surface area contributed by atoms with Crippen LogP contribution >= 0.6 is 0 Å². The monoisotopic (exact) mass is 453 g/mol. The summed E-state index contributed by atoms with van der Waals surface area (Å²) in [6.45, 7) is 11.4. The van der Waals surface area contributed by atoms with Crippen molar-refractivity contribution in [1.82, 2.24) is 0 Å². The van der Waals surface area contributed by atoms with E-state index >= 15 is 0 Å². The second-order valence-electron chi connectivity index (χ2n) is 9.15. The Morgan fingerprint density at radius 3 is 1.94 bits per heavy atom. The summed E-state index contributed by atoms with van der Waals surface area (Å²) in [7, 11) is 1.60. The predicted octanol–water partition coefficient (Wildman–Crippen LogP) is 6.82. The van der Waals surface area contributed by atoms with Gasteiger partial charge in [-0.25, -0.2) is 0 Å². The Morgan fingerprint density at radius 2 is 1.39 bits per heavy atom. The summed E-state index contributed by atoms with van der Waals surface area (Å²) in [4.78, 5) is 13.0. The highest BCUT2D eigenvalue weighted by atomic mass is 16.5. The van der Waals surface area contributed by atoms with Crippen LogP contribution in [-0.4, -0.2) is 31.8 Å². The quantitative estimate of drug-likeness (QED) is 0.193. The lowest BCUT2D eigenvalue weighted by Crippen LogP contribution is -2.25. The Kier molecular flexibility index (Phi) is 10.4. The number of ketones is 1. The maximum absolute atomic E-state index is 13.0. The van der Waals surface area contributed by atoms with E-state index in [1.165, 1.54) is 0 Å². The maximum Gasteiger partial charge on any atom is 0.166 e. The van der Waals surface area contributed by atoms with E-state index in [-0.39, 0.29) is 23.5 Å². The van der Waals surface area contributed by atoms with Gasteiger partial charge in [-0.3, -0.25) is 4.79 Å². The molecule has 5 nitrogen and oxygen atoms in total. The minimum absolute atomic E-state index is 0.0123. The molecule has 0 saturated carbocycles. The van der Waals surface area contributed by atoms with Crippen LogP contribution < -0.4 is 14.2 Å². The summed E-state index contributed by atoms with van der Waals surface area (Å²) in [5.41, 5.74) is 2.13. The second kappa shape index (κ2) is 13.0. The molecule has 1 N–H and O–H groups in total. The van der Waals surface area contributed by atoms with E-state index in [4.69, 9.17) is 19.6 Å². The Bertz CT molecular complexity index is 895. The molecule has 0 amide bonds. The SMILES string of the molecule is COc1cc(C(=O)C(C(C)C)C(C)C)ccc1OCCCCCOc1ccc(C(C)=N)cc1. The minimum Gasteiger partial charge on any atom is -0.494 e. The molecule has 2 aromatic carbocycles. The molecule has 180 valence electrons. The standard InChI is InChI=1S/C28H39NO4/c1-19(2)27(20(3)4)28(30)23-12-15-25(26(18-23)31-6)33-17-9-7-8-16-32-24-13-10-22(11-14-24)21(5)29/h10-15,18-20,27,29H,7-9,16-17H2,1-6H3. The molecule has 2 aromatic rings. The highest BCUT2D eigenvalue weighted by Gasteiger charge is 2.27. The first-order valence-electron chi connectivity index (χ1n) is 11.9. The first kappa shape index (κ1) is 26.4. The van der Waals surface area contributed by atoms with Crippen molar-refractivity contribution in [1.29, 1.82) is 5.41 Å². The highest BCUT2D eigenvalue weighted by Crippen LogP contribution is 2.32. The molecule has 0 fully saturated rings. The predicted molar refractivity (Wildman–Crippen MR) is 134 cm³/mol. The number of hydrogen-bond acceptors (Lipinski definition) is 5. The zero-order valence-electron chi connectivity index (χ0n) is 20.9. The zero-order chi connectivity index (χ0) is 24.4. The van der Waals surface area contributed by atoms with Gasteiger partial charge in [-0.15, -0.1) is 0 Å². The molecule has 0 radical (unpaired) electrons. The molecule has 0 aliphatic heterocycles. The van der Waals surface area contributed by atoms with Crippen LogP contribution in [0.15, 0.2) is 42.5 Å². The van der Waals surface area contributed by atoms with E-state index < -0.39 is 0 Å². The fourth-order valence-corrected chi connectivity index (χ4v) is 4.06. The third-order valence-electron chi connectivity index (χ3n) is 5.79. The van der Waals surface area contributed by atoms with Crippen molar-refractivity contribution in [2.45, 2.75) is 53.9 Å². The number of ether oxygens (including phenoxy) is 3. The molecule has 0 saturated heterocycles. The molecule has 0 bridgehead atoms. The van der Waals surface area contributed by atoms with E-state index in [2.05, 4.69) is 27.7 Å². The van der Waals surface area contributed by atoms with E-state index in [0.29, 0.717) is 36.0 Å². The molecule has 0 aliphatic rings.